The lowest BCUT2D eigenvalue weighted by atomic mass is 10.1. The Hall–Kier alpha value is -1.06. The first-order chi connectivity index (χ1) is 8.66. The second-order valence-electron chi connectivity index (χ2n) is 4.90. The quantitative estimate of drug-likeness (QED) is 0.891. The van der Waals surface area contributed by atoms with E-state index in [-0.39, 0.29) is 0 Å². The topological polar surface area (TPSA) is 33.1 Å². The third kappa shape index (κ3) is 3.47. The average Bonchev–Trinajstić information content (AvgIpc) is 2.37. The third-order valence-corrected chi connectivity index (χ3v) is 4.19. The van der Waals surface area contributed by atoms with E-state index in [1.165, 1.54) is 0 Å². The minimum absolute atomic E-state index is 0.390. The molecule has 0 amide bonds. The van der Waals surface area contributed by atoms with Crippen molar-refractivity contribution >= 4 is 22.7 Å². The zero-order valence-corrected chi connectivity index (χ0v) is 11.7. The molecule has 96 valence electrons. The summed E-state index contributed by atoms with van der Waals surface area (Å²) >= 11 is 1.80. The van der Waals surface area contributed by atoms with E-state index in [1.54, 1.807) is 18.0 Å². The van der Waals surface area contributed by atoms with Crippen LogP contribution in [0.3, 0.4) is 0 Å². The molecule has 0 saturated heterocycles. The Labute approximate surface area is 112 Å². The summed E-state index contributed by atoms with van der Waals surface area (Å²) in [6, 6.07) is 9.92. The molecule has 3 heteroatoms. The maximum absolute atomic E-state index is 10.2. The second kappa shape index (κ2) is 6.21. The van der Waals surface area contributed by atoms with Crippen LogP contribution in [0.1, 0.15) is 25.5 Å². The average molecular weight is 261 g/mol. The van der Waals surface area contributed by atoms with Gasteiger partial charge in [-0.2, -0.15) is 11.8 Å². The van der Waals surface area contributed by atoms with E-state index in [2.05, 4.69) is 18.8 Å². The SMILES string of the molecule is CC(C)CSCC(O)c1ccc2ncccc2c1. The number of aliphatic hydroxyl groups excluding tert-OH is 1. The van der Waals surface area contributed by atoms with E-state index in [0.29, 0.717) is 5.92 Å². The Bertz CT molecular complexity index is 513. The molecule has 0 aliphatic carbocycles. The third-order valence-electron chi connectivity index (χ3n) is 2.74. The highest BCUT2D eigenvalue weighted by molar-refractivity contribution is 7.99. The van der Waals surface area contributed by atoms with Crippen molar-refractivity contribution in [1.29, 1.82) is 0 Å². The number of benzene rings is 1. The van der Waals surface area contributed by atoms with E-state index >= 15 is 0 Å². The van der Waals surface area contributed by atoms with Gasteiger partial charge in [-0.15, -0.1) is 0 Å². The second-order valence-corrected chi connectivity index (χ2v) is 5.98. The first-order valence-electron chi connectivity index (χ1n) is 6.27. The molecule has 18 heavy (non-hydrogen) atoms. The van der Waals surface area contributed by atoms with Crippen LogP contribution in [-0.2, 0) is 0 Å². The van der Waals surface area contributed by atoms with Crippen LogP contribution in [0.5, 0.6) is 0 Å². The zero-order chi connectivity index (χ0) is 13.0. The molecule has 2 aromatic rings. The van der Waals surface area contributed by atoms with Crippen LogP contribution in [0.15, 0.2) is 36.5 Å². The van der Waals surface area contributed by atoms with E-state index < -0.39 is 6.10 Å². The minimum atomic E-state index is -0.390. The van der Waals surface area contributed by atoms with Crippen molar-refractivity contribution in [3.05, 3.63) is 42.1 Å². The first-order valence-corrected chi connectivity index (χ1v) is 7.43. The molecule has 1 heterocycles. The molecular weight excluding hydrogens is 242 g/mol. The van der Waals surface area contributed by atoms with Crippen LogP contribution in [0.25, 0.3) is 10.9 Å². The standard InChI is InChI=1S/C15H19NOS/c1-11(2)9-18-10-15(17)13-5-6-14-12(8-13)4-3-7-16-14/h3-8,11,15,17H,9-10H2,1-2H3. The van der Waals surface area contributed by atoms with Crippen molar-refractivity contribution < 1.29 is 5.11 Å². The number of fused-ring (bicyclic) bond motifs is 1. The zero-order valence-electron chi connectivity index (χ0n) is 10.8. The molecule has 0 aliphatic heterocycles. The van der Waals surface area contributed by atoms with Gasteiger partial charge in [0.2, 0.25) is 0 Å². The molecule has 2 nitrogen and oxygen atoms in total. The summed E-state index contributed by atoms with van der Waals surface area (Å²) in [5.74, 6) is 2.51. The summed E-state index contributed by atoms with van der Waals surface area (Å²) < 4.78 is 0. The van der Waals surface area contributed by atoms with Crippen LogP contribution < -0.4 is 0 Å². The molecule has 0 fully saturated rings. The molecule has 1 aromatic carbocycles. The summed E-state index contributed by atoms with van der Waals surface area (Å²) in [6.45, 7) is 4.39. The van der Waals surface area contributed by atoms with E-state index in [9.17, 15) is 5.11 Å². The maximum atomic E-state index is 10.2. The predicted molar refractivity (Wildman–Crippen MR) is 78.9 cm³/mol. The Morgan fingerprint density at radius 2 is 2.06 bits per heavy atom. The van der Waals surface area contributed by atoms with Gasteiger partial charge in [-0.1, -0.05) is 26.0 Å². The van der Waals surface area contributed by atoms with Gasteiger partial charge in [0.05, 0.1) is 11.6 Å². The number of thioether (sulfide) groups is 1. The van der Waals surface area contributed by atoms with Crippen molar-refractivity contribution in [2.24, 2.45) is 5.92 Å². The van der Waals surface area contributed by atoms with Crippen molar-refractivity contribution in [2.75, 3.05) is 11.5 Å². The molecule has 1 N–H and O–H groups in total. The molecule has 2 rings (SSSR count). The molecule has 1 unspecified atom stereocenters. The maximum Gasteiger partial charge on any atom is 0.0880 e. The Morgan fingerprint density at radius 1 is 1.22 bits per heavy atom. The number of hydrogen-bond acceptors (Lipinski definition) is 3. The minimum Gasteiger partial charge on any atom is -0.388 e. The molecule has 0 saturated carbocycles. The molecule has 0 spiro atoms. The molecule has 1 atom stereocenters. The summed E-state index contributed by atoms with van der Waals surface area (Å²) in [4.78, 5) is 4.28. The molecule has 1 aromatic heterocycles. The Balaban J connectivity index is 2.06. The van der Waals surface area contributed by atoms with Crippen LogP contribution in [0, 0.1) is 5.92 Å². The van der Waals surface area contributed by atoms with Crippen LogP contribution in [0.4, 0.5) is 0 Å². The van der Waals surface area contributed by atoms with Gasteiger partial charge in [-0.25, -0.2) is 0 Å². The van der Waals surface area contributed by atoms with Gasteiger partial charge < -0.3 is 5.11 Å². The normalized spacial score (nSPS) is 13.1. The van der Waals surface area contributed by atoms with Gasteiger partial charge in [-0.05, 0) is 35.4 Å². The summed E-state index contributed by atoms with van der Waals surface area (Å²) in [7, 11) is 0. The summed E-state index contributed by atoms with van der Waals surface area (Å²) in [6.07, 6.45) is 1.40. The largest absolute Gasteiger partial charge is 0.388 e. The van der Waals surface area contributed by atoms with E-state index in [4.69, 9.17) is 0 Å². The lowest BCUT2D eigenvalue weighted by molar-refractivity contribution is 0.204. The van der Waals surface area contributed by atoms with Crippen LogP contribution >= 0.6 is 11.8 Å². The fraction of sp³-hybridized carbons (Fsp3) is 0.400. The van der Waals surface area contributed by atoms with E-state index in [0.717, 1.165) is 28.0 Å². The van der Waals surface area contributed by atoms with Gasteiger partial charge in [-0.3, -0.25) is 4.98 Å². The number of aliphatic hydroxyl groups is 1. The van der Waals surface area contributed by atoms with E-state index in [1.807, 2.05) is 30.3 Å². The number of nitrogens with zero attached hydrogens (tertiary/aromatic N) is 1. The van der Waals surface area contributed by atoms with Gasteiger partial charge in [0.1, 0.15) is 0 Å². The monoisotopic (exact) mass is 261 g/mol. The van der Waals surface area contributed by atoms with Gasteiger partial charge in [0.25, 0.3) is 0 Å². The van der Waals surface area contributed by atoms with Crippen LogP contribution in [-0.4, -0.2) is 21.6 Å². The lowest BCUT2D eigenvalue weighted by Gasteiger charge is -2.12. The Kier molecular flexibility index (Phi) is 4.61. The van der Waals surface area contributed by atoms with Gasteiger partial charge in [0, 0.05) is 17.3 Å². The smallest absolute Gasteiger partial charge is 0.0880 e. The summed E-state index contributed by atoms with van der Waals surface area (Å²) in [5.41, 5.74) is 1.95. The lowest BCUT2D eigenvalue weighted by Crippen LogP contribution is -2.03. The summed E-state index contributed by atoms with van der Waals surface area (Å²) in [5, 5.41) is 11.2. The Morgan fingerprint density at radius 3 is 2.83 bits per heavy atom. The van der Waals surface area contributed by atoms with Crippen molar-refractivity contribution in [2.45, 2.75) is 20.0 Å². The predicted octanol–water partition coefficient (Wildman–Crippen LogP) is 3.66. The van der Waals surface area contributed by atoms with Gasteiger partial charge in [0.15, 0.2) is 0 Å². The number of rotatable bonds is 5. The molecular formula is C15H19NOS. The number of pyridine rings is 1. The van der Waals surface area contributed by atoms with Gasteiger partial charge >= 0.3 is 0 Å². The molecule has 0 bridgehead atoms. The van der Waals surface area contributed by atoms with Crippen molar-refractivity contribution in [3.8, 4) is 0 Å². The number of hydrogen-bond donors (Lipinski definition) is 1. The molecule has 0 radical (unpaired) electrons. The fourth-order valence-electron chi connectivity index (χ4n) is 1.81. The highest BCUT2D eigenvalue weighted by atomic mass is 32.2. The van der Waals surface area contributed by atoms with Crippen molar-refractivity contribution in [3.63, 3.8) is 0 Å². The van der Waals surface area contributed by atoms with Crippen LogP contribution in [0.2, 0.25) is 0 Å². The fourth-order valence-corrected chi connectivity index (χ4v) is 2.84. The highest BCUT2D eigenvalue weighted by Gasteiger charge is 2.08. The first kappa shape index (κ1) is 13.4. The molecule has 0 aliphatic rings. The highest BCUT2D eigenvalue weighted by Crippen LogP contribution is 2.22. The number of aromatic nitrogens is 1. The van der Waals surface area contributed by atoms with Crippen molar-refractivity contribution in [1.82, 2.24) is 4.98 Å².